The van der Waals surface area contributed by atoms with E-state index in [0.29, 0.717) is 12.2 Å². The Hall–Kier alpha value is -0.0825. The number of hydrogen-bond acceptors (Lipinski definition) is 6. The maximum Gasteiger partial charge on any atom is 0.333 e. The van der Waals surface area contributed by atoms with Gasteiger partial charge >= 0.3 is 31.7 Å². The highest BCUT2D eigenvalue weighted by molar-refractivity contribution is 6.88. The van der Waals surface area contributed by atoms with Crippen molar-refractivity contribution >= 4 is 40.0 Å². The van der Waals surface area contributed by atoms with Gasteiger partial charge in [0.25, 0.3) is 0 Å². The smallest absolute Gasteiger partial charge is 0.333 e. The first-order valence-corrected chi connectivity index (χ1v) is 20.2. The van der Waals surface area contributed by atoms with Crippen molar-refractivity contribution in [3.8, 4) is 0 Å². The number of ether oxygens (including phenoxy) is 1. The molecule has 0 rings (SSSR count). The van der Waals surface area contributed by atoms with Crippen LogP contribution in [0.5, 0.6) is 0 Å². The molecule has 0 unspecified atom stereocenters. The van der Waals surface area contributed by atoms with Crippen molar-refractivity contribution in [2.24, 2.45) is 0 Å². The fourth-order valence-corrected chi connectivity index (χ4v) is 20.1. The van der Waals surface area contributed by atoms with Gasteiger partial charge in [0, 0.05) is 5.57 Å². The quantitative estimate of drug-likeness (QED) is 0.235. The molecule has 10 heteroatoms. The lowest BCUT2D eigenvalue weighted by Crippen LogP contribution is -2.56. The van der Waals surface area contributed by atoms with Gasteiger partial charge in [-0.15, -0.1) is 0 Å². The van der Waals surface area contributed by atoms with Crippen molar-refractivity contribution in [2.75, 3.05) is 6.61 Å². The number of carbonyl (C=O) groups excluding carboxylic acids is 1. The van der Waals surface area contributed by atoms with Crippen LogP contribution in [0.1, 0.15) is 13.3 Å². The Morgan fingerprint density at radius 3 is 1.84 bits per heavy atom. The summed E-state index contributed by atoms with van der Waals surface area (Å²) in [6, 6.07) is 0.874. The molecule has 0 heterocycles. The highest BCUT2D eigenvalue weighted by Crippen LogP contribution is 2.25. The van der Waals surface area contributed by atoms with E-state index in [1.165, 1.54) is 0 Å². The zero-order valence-electron chi connectivity index (χ0n) is 17.3. The zero-order chi connectivity index (χ0) is 20.1. The molecule has 0 aliphatic rings. The Labute approximate surface area is 157 Å². The van der Waals surface area contributed by atoms with Gasteiger partial charge in [0.2, 0.25) is 0 Å². The minimum Gasteiger partial charge on any atom is -0.462 e. The SMILES string of the molecule is C=C(C)C(=O)OCCC[Si](C)(C)O[Si](C)(C)O[Si](C)(C)O[Si](C)(C)O. The van der Waals surface area contributed by atoms with Crippen molar-refractivity contribution in [3.63, 3.8) is 0 Å². The summed E-state index contributed by atoms with van der Waals surface area (Å²) in [5.74, 6) is -0.348. The Morgan fingerprint density at radius 1 is 0.920 bits per heavy atom. The maximum absolute atomic E-state index is 11.4. The molecule has 0 aliphatic heterocycles. The third-order valence-corrected chi connectivity index (χ3v) is 16.6. The predicted molar refractivity (Wildman–Crippen MR) is 111 cm³/mol. The minimum absolute atomic E-state index is 0.348. The van der Waals surface area contributed by atoms with Crippen LogP contribution in [0.2, 0.25) is 58.4 Å². The van der Waals surface area contributed by atoms with E-state index in [-0.39, 0.29) is 5.97 Å². The van der Waals surface area contributed by atoms with Crippen molar-refractivity contribution in [2.45, 2.75) is 71.8 Å². The Bertz CT molecular complexity index is 471. The van der Waals surface area contributed by atoms with Crippen LogP contribution in [-0.2, 0) is 21.9 Å². The summed E-state index contributed by atoms with van der Waals surface area (Å²) in [4.78, 5) is 21.4. The summed E-state index contributed by atoms with van der Waals surface area (Å²) in [5, 5.41) is 0. The van der Waals surface area contributed by atoms with Crippen LogP contribution in [0.15, 0.2) is 12.2 Å². The Balaban J connectivity index is 4.54. The van der Waals surface area contributed by atoms with E-state index in [0.717, 1.165) is 12.5 Å². The topological polar surface area (TPSA) is 74.2 Å². The first kappa shape index (κ1) is 24.9. The van der Waals surface area contributed by atoms with Crippen LogP contribution in [0, 0.1) is 0 Å². The molecule has 0 fully saturated rings. The molecule has 6 nitrogen and oxygen atoms in total. The third-order valence-electron chi connectivity index (χ3n) is 3.01. The van der Waals surface area contributed by atoms with Crippen LogP contribution < -0.4 is 0 Å². The molecule has 0 amide bonds. The second-order valence-electron chi connectivity index (χ2n) is 8.33. The molecule has 0 saturated heterocycles. The molecule has 0 bridgehead atoms. The van der Waals surface area contributed by atoms with E-state index >= 15 is 0 Å². The highest BCUT2D eigenvalue weighted by Gasteiger charge is 2.43. The molecule has 0 saturated carbocycles. The monoisotopic (exact) mass is 424 g/mol. The zero-order valence-corrected chi connectivity index (χ0v) is 21.3. The van der Waals surface area contributed by atoms with Crippen LogP contribution in [-0.4, -0.2) is 51.4 Å². The molecule has 0 atom stereocenters. The van der Waals surface area contributed by atoms with Gasteiger partial charge in [0.05, 0.1) is 6.61 Å². The molecule has 0 spiro atoms. The molecule has 0 aromatic rings. The van der Waals surface area contributed by atoms with Gasteiger partial charge in [-0.25, -0.2) is 4.79 Å². The summed E-state index contributed by atoms with van der Waals surface area (Å²) in [7, 11) is -9.43. The van der Waals surface area contributed by atoms with E-state index < -0.39 is 34.0 Å². The fraction of sp³-hybridized carbons (Fsp3) is 0.800. The first-order chi connectivity index (χ1) is 10.9. The molecule has 1 N–H and O–H groups in total. The summed E-state index contributed by atoms with van der Waals surface area (Å²) in [5.41, 5.74) is 0.414. The predicted octanol–water partition coefficient (Wildman–Crippen LogP) is 3.85. The van der Waals surface area contributed by atoms with Gasteiger partial charge < -0.3 is 21.9 Å². The fourth-order valence-electron chi connectivity index (χ4n) is 2.74. The molecule has 0 aromatic carbocycles. The number of hydrogen-bond donors (Lipinski definition) is 1. The summed E-state index contributed by atoms with van der Waals surface area (Å²) >= 11 is 0. The Morgan fingerprint density at radius 2 is 1.40 bits per heavy atom. The second kappa shape index (κ2) is 9.22. The lowest BCUT2D eigenvalue weighted by atomic mass is 10.4. The van der Waals surface area contributed by atoms with Crippen molar-refractivity contribution in [3.05, 3.63) is 12.2 Å². The molecular weight excluding hydrogens is 389 g/mol. The van der Waals surface area contributed by atoms with E-state index in [9.17, 15) is 9.59 Å². The molecule has 25 heavy (non-hydrogen) atoms. The second-order valence-corrected chi connectivity index (χ2v) is 23.3. The van der Waals surface area contributed by atoms with Crippen LogP contribution in [0.4, 0.5) is 0 Å². The van der Waals surface area contributed by atoms with Crippen molar-refractivity contribution in [1.82, 2.24) is 0 Å². The summed E-state index contributed by atoms with van der Waals surface area (Å²) in [6.45, 7) is 21.3. The van der Waals surface area contributed by atoms with Crippen LogP contribution in [0.25, 0.3) is 0 Å². The summed E-state index contributed by atoms with van der Waals surface area (Å²) in [6.07, 6.45) is 0.761. The van der Waals surface area contributed by atoms with E-state index in [1.807, 2.05) is 26.2 Å². The third kappa shape index (κ3) is 12.8. The molecule has 0 radical (unpaired) electrons. The van der Waals surface area contributed by atoms with Crippen molar-refractivity contribution < 1.29 is 26.7 Å². The van der Waals surface area contributed by atoms with Gasteiger partial charge in [-0.1, -0.05) is 6.58 Å². The number of carbonyl (C=O) groups is 1. The summed E-state index contributed by atoms with van der Waals surface area (Å²) < 4.78 is 23.6. The van der Waals surface area contributed by atoms with Crippen LogP contribution >= 0.6 is 0 Å². The highest BCUT2D eigenvalue weighted by atomic mass is 28.5. The maximum atomic E-state index is 11.4. The van der Waals surface area contributed by atoms with E-state index in [4.69, 9.17) is 17.1 Å². The number of rotatable bonds is 11. The molecule has 0 aliphatic carbocycles. The standard InChI is InChI=1S/C15H36O6Si4/c1-14(2)15(16)18-12-11-13-22(3,4)19-24(7,8)21-25(9,10)20-23(5,6)17/h17H,1,11-13H2,2-10H3. The largest absolute Gasteiger partial charge is 0.462 e. The van der Waals surface area contributed by atoms with Gasteiger partial charge in [-0.3, -0.25) is 0 Å². The lowest BCUT2D eigenvalue weighted by molar-refractivity contribution is -0.138. The van der Waals surface area contributed by atoms with Gasteiger partial charge in [0.15, 0.2) is 8.32 Å². The minimum atomic E-state index is -2.64. The van der Waals surface area contributed by atoms with Crippen LogP contribution in [0.3, 0.4) is 0 Å². The van der Waals surface area contributed by atoms with Crippen molar-refractivity contribution in [1.29, 1.82) is 0 Å². The van der Waals surface area contributed by atoms with E-state index in [2.05, 4.69) is 19.7 Å². The molecular formula is C15H36O6Si4. The average molecular weight is 425 g/mol. The van der Waals surface area contributed by atoms with Gasteiger partial charge in [-0.05, 0) is 71.8 Å². The number of esters is 1. The first-order valence-electron chi connectivity index (χ1n) is 8.60. The van der Waals surface area contributed by atoms with Gasteiger partial charge in [0.1, 0.15) is 0 Å². The molecule has 0 aromatic heterocycles. The Kier molecular flexibility index (Phi) is 9.19. The van der Waals surface area contributed by atoms with E-state index in [1.54, 1.807) is 20.0 Å². The normalized spacial score (nSPS) is 13.7. The average Bonchev–Trinajstić information content (AvgIpc) is 2.27. The lowest BCUT2D eigenvalue weighted by Gasteiger charge is -2.39. The molecule has 148 valence electrons. The van der Waals surface area contributed by atoms with Gasteiger partial charge in [-0.2, -0.15) is 0 Å².